The molecule has 2 aromatic carbocycles. The summed E-state index contributed by atoms with van der Waals surface area (Å²) in [6.45, 7) is 4.53. The van der Waals surface area contributed by atoms with Gasteiger partial charge in [0.25, 0.3) is 5.56 Å². The summed E-state index contributed by atoms with van der Waals surface area (Å²) in [5, 5.41) is 9.29. The molecule has 37 heavy (non-hydrogen) atoms. The van der Waals surface area contributed by atoms with Crippen molar-refractivity contribution >= 4 is 17.9 Å². The molecule has 0 amide bonds. The molecule has 12 heteroatoms. The number of hydrogen-bond donors (Lipinski definition) is 1. The minimum absolute atomic E-state index is 0.00200. The fourth-order valence-electron chi connectivity index (χ4n) is 3.76. The first kappa shape index (κ1) is 27.1. The zero-order valence-corrected chi connectivity index (χ0v) is 19.8. The average Bonchev–Trinajstić information content (AvgIpc) is 2.78. The van der Waals surface area contributed by atoms with Gasteiger partial charge in [0, 0.05) is 11.1 Å². The Morgan fingerprint density at radius 3 is 2.51 bits per heavy atom. The molecule has 0 saturated carbocycles. The lowest BCUT2D eigenvalue weighted by Crippen LogP contribution is -2.38. The number of alkyl halides is 3. The Morgan fingerprint density at radius 2 is 1.89 bits per heavy atom. The number of hydrogen-bond acceptors (Lipinski definition) is 6. The first-order valence-corrected chi connectivity index (χ1v) is 10.8. The number of benzene rings is 2. The van der Waals surface area contributed by atoms with Crippen LogP contribution in [0.5, 0.6) is 0 Å². The second-order valence-electron chi connectivity index (χ2n) is 8.41. The Kier molecular flexibility index (Phi) is 7.76. The molecule has 192 valence electrons. The number of nitrogens with zero attached hydrogens (tertiary/aromatic N) is 3. The van der Waals surface area contributed by atoms with Crippen LogP contribution in [0.25, 0.3) is 0 Å². The molecule has 3 aromatic rings. The van der Waals surface area contributed by atoms with Gasteiger partial charge in [-0.2, -0.15) is 5.26 Å². The van der Waals surface area contributed by atoms with Crippen LogP contribution < -0.4 is 11.2 Å². The van der Waals surface area contributed by atoms with Crippen molar-refractivity contribution in [1.29, 1.82) is 5.26 Å². The maximum absolute atomic E-state index is 14.2. The van der Waals surface area contributed by atoms with Crippen LogP contribution in [-0.4, -0.2) is 28.1 Å². The first-order chi connectivity index (χ1) is 17.3. The number of aromatic nitrogens is 2. The molecule has 3 rings (SSSR count). The summed E-state index contributed by atoms with van der Waals surface area (Å²) in [6.07, 6.45) is -4.88. The summed E-state index contributed by atoms with van der Waals surface area (Å²) in [7, 11) is 0. The summed E-state index contributed by atoms with van der Waals surface area (Å²) in [4.78, 5) is 44.7. The minimum Gasteiger partial charge on any atom is -0.395 e. The first-order valence-electron chi connectivity index (χ1n) is 10.8. The van der Waals surface area contributed by atoms with Crippen molar-refractivity contribution in [2.45, 2.75) is 39.6 Å². The smallest absolute Gasteiger partial charge is 0.395 e. The molecule has 0 aliphatic carbocycles. The molecule has 0 atom stereocenters. The van der Waals surface area contributed by atoms with Gasteiger partial charge in [0.15, 0.2) is 6.40 Å². The van der Waals surface area contributed by atoms with E-state index in [4.69, 9.17) is 0 Å². The van der Waals surface area contributed by atoms with Crippen LogP contribution in [-0.2, 0) is 11.3 Å². The van der Waals surface area contributed by atoms with E-state index in [0.717, 1.165) is 16.7 Å². The second-order valence-corrected chi connectivity index (χ2v) is 8.41. The van der Waals surface area contributed by atoms with Crippen LogP contribution in [0.3, 0.4) is 0 Å². The molecule has 0 bridgehead atoms. The molecule has 1 aromatic heterocycles. The van der Waals surface area contributed by atoms with Gasteiger partial charge in [0.1, 0.15) is 11.5 Å². The number of ether oxygens (including phenoxy) is 1. The fourth-order valence-corrected chi connectivity index (χ4v) is 3.76. The number of rotatable bonds is 7. The van der Waals surface area contributed by atoms with E-state index in [1.807, 2.05) is 6.07 Å². The lowest BCUT2D eigenvalue weighted by atomic mass is 9.95. The highest BCUT2D eigenvalue weighted by atomic mass is 19.4. The highest BCUT2D eigenvalue weighted by Gasteiger charge is 2.29. The number of aromatic amines is 1. The Labute approximate surface area is 207 Å². The maximum atomic E-state index is 14.2. The van der Waals surface area contributed by atoms with Crippen molar-refractivity contribution in [1.82, 2.24) is 9.55 Å². The molecule has 1 N–H and O–H groups in total. The SMILES string of the molecule is Cc1cc(C#N)cc(C(=O)c2c(C(C)C)c(=O)[nH]c(=O)n2Cc2cc(F)cc(N=COC(F)(F)F)c2)c1. The van der Waals surface area contributed by atoms with Crippen LogP contribution in [0, 0.1) is 24.1 Å². The van der Waals surface area contributed by atoms with Gasteiger partial charge in [-0.15, -0.1) is 13.2 Å². The Morgan fingerprint density at radius 1 is 1.19 bits per heavy atom. The molecule has 0 aliphatic heterocycles. The van der Waals surface area contributed by atoms with Gasteiger partial charge >= 0.3 is 12.1 Å². The summed E-state index contributed by atoms with van der Waals surface area (Å²) in [5.41, 5.74) is -1.31. The summed E-state index contributed by atoms with van der Waals surface area (Å²) >= 11 is 0. The Balaban J connectivity index is 2.18. The molecule has 0 fully saturated rings. The van der Waals surface area contributed by atoms with E-state index in [0.29, 0.717) is 5.56 Å². The van der Waals surface area contributed by atoms with Gasteiger partial charge in [-0.1, -0.05) is 13.8 Å². The average molecular weight is 516 g/mol. The molecule has 8 nitrogen and oxygen atoms in total. The highest BCUT2D eigenvalue weighted by molar-refractivity contribution is 6.09. The predicted octanol–water partition coefficient (Wildman–Crippen LogP) is 4.45. The number of nitrogens with one attached hydrogen (secondary N) is 1. The zero-order valence-electron chi connectivity index (χ0n) is 19.8. The van der Waals surface area contributed by atoms with Crippen LogP contribution in [0.4, 0.5) is 23.2 Å². The van der Waals surface area contributed by atoms with Crippen LogP contribution >= 0.6 is 0 Å². The molecular formula is C25H20F4N4O4. The number of halogens is 4. The molecule has 0 unspecified atom stereocenters. The van der Waals surface area contributed by atoms with Crippen molar-refractivity contribution in [3.05, 3.63) is 96.6 Å². The third-order valence-electron chi connectivity index (χ3n) is 5.17. The summed E-state index contributed by atoms with van der Waals surface area (Å²) in [6, 6.07) is 9.37. The quantitative estimate of drug-likeness (QED) is 0.215. The van der Waals surface area contributed by atoms with Gasteiger partial charge in [-0.05, 0) is 60.4 Å². The van der Waals surface area contributed by atoms with Crippen LogP contribution in [0.2, 0.25) is 0 Å². The molecule has 0 radical (unpaired) electrons. The van der Waals surface area contributed by atoms with Gasteiger partial charge < -0.3 is 4.74 Å². The standard InChI is InChI=1S/C25H20F4N4O4/c1-13(2)20-21(22(34)17-5-14(3)4-15(6-17)10-30)33(24(36)32-23(20)35)11-16-7-18(26)9-19(8-16)31-12-37-25(27,28)29/h4-9,12-13H,11H2,1-3H3,(H,32,35,36). The monoisotopic (exact) mass is 516 g/mol. The maximum Gasteiger partial charge on any atom is 0.573 e. The van der Waals surface area contributed by atoms with Gasteiger partial charge in [0.2, 0.25) is 5.78 Å². The third-order valence-corrected chi connectivity index (χ3v) is 5.17. The van der Waals surface area contributed by atoms with Gasteiger partial charge in [-0.25, -0.2) is 14.2 Å². The van der Waals surface area contributed by atoms with Crippen molar-refractivity contribution in [3.63, 3.8) is 0 Å². The van der Waals surface area contributed by atoms with E-state index in [1.165, 1.54) is 18.2 Å². The number of ketones is 1. The number of nitriles is 1. The normalized spacial score (nSPS) is 11.6. The molecule has 0 aliphatic rings. The lowest BCUT2D eigenvalue weighted by Gasteiger charge is -2.18. The third kappa shape index (κ3) is 6.58. The molecule has 0 saturated heterocycles. The summed E-state index contributed by atoms with van der Waals surface area (Å²) < 4.78 is 55.3. The molecule has 0 spiro atoms. The van der Waals surface area contributed by atoms with Crippen molar-refractivity contribution in [2.24, 2.45) is 4.99 Å². The minimum atomic E-state index is -4.98. The molecule has 1 heterocycles. The van der Waals surface area contributed by atoms with Gasteiger partial charge in [-0.3, -0.25) is 19.1 Å². The largest absolute Gasteiger partial charge is 0.573 e. The number of carbonyl (C=O) groups excluding carboxylic acids is 1. The van der Waals surface area contributed by atoms with E-state index < -0.39 is 41.7 Å². The lowest BCUT2D eigenvalue weighted by molar-refractivity contribution is -0.280. The number of aryl methyl sites for hydroxylation is 1. The van der Waals surface area contributed by atoms with Crippen molar-refractivity contribution in [2.75, 3.05) is 0 Å². The van der Waals surface area contributed by atoms with E-state index in [9.17, 15) is 37.2 Å². The number of carbonyl (C=O) groups is 1. The second kappa shape index (κ2) is 10.6. The highest BCUT2D eigenvalue weighted by Crippen LogP contribution is 2.23. The van der Waals surface area contributed by atoms with Crippen LogP contribution in [0.1, 0.15) is 58.1 Å². The van der Waals surface area contributed by atoms with E-state index in [1.54, 1.807) is 26.8 Å². The van der Waals surface area contributed by atoms with E-state index in [2.05, 4.69) is 14.7 Å². The van der Waals surface area contributed by atoms with E-state index >= 15 is 0 Å². The zero-order chi connectivity index (χ0) is 27.5. The predicted molar refractivity (Wildman–Crippen MR) is 126 cm³/mol. The van der Waals surface area contributed by atoms with Gasteiger partial charge in [0.05, 0.1) is 23.9 Å². The summed E-state index contributed by atoms with van der Waals surface area (Å²) in [5.74, 6) is -2.09. The fraction of sp³-hybridized carbons (Fsp3) is 0.240. The Hall–Kier alpha value is -4.53. The topological polar surface area (TPSA) is 117 Å². The van der Waals surface area contributed by atoms with Crippen LogP contribution in [0.15, 0.2) is 51.0 Å². The van der Waals surface area contributed by atoms with E-state index in [-0.39, 0.29) is 40.0 Å². The van der Waals surface area contributed by atoms with Crippen molar-refractivity contribution in [3.8, 4) is 6.07 Å². The molecular weight excluding hydrogens is 496 g/mol. The number of H-pyrrole nitrogens is 1. The number of aliphatic imine (C=N–C) groups is 1. The van der Waals surface area contributed by atoms with Crippen molar-refractivity contribution < 1.29 is 27.1 Å². The Bertz CT molecular complexity index is 1550.